The van der Waals surface area contributed by atoms with Crippen molar-refractivity contribution in [1.82, 2.24) is 0 Å². The van der Waals surface area contributed by atoms with Crippen LogP contribution in [0.4, 0.5) is 5.69 Å². The molecule has 0 unspecified atom stereocenters. The van der Waals surface area contributed by atoms with Crippen molar-refractivity contribution in [2.75, 3.05) is 12.0 Å². The van der Waals surface area contributed by atoms with Crippen molar-refractivity contribution in [2.24, 2.45) is 0 Å². The van der Waals surface area contributed by atoms with E-state index in [4.69, 9.17) is 4.74 Å². The number of carbonyl (C=O) groups is 2. The van der Waals surface area contributed by atoms with Gasteiger partial charge in [0.1, 0.15) is 0 Å². The Balaban J connectivity index is 1.80. The van der Waals surface area contributed by atoms with E-state index in [0.29, 0.717) is 17.0 Å². The molecule has 0 N–H and O–H groups in total. The summed E-state index contributed by atoms with van der Waals surface area (Å²) < 4.78 is 4.87. The predicted molar refractivity (Wildman–Crippen MR) is 120 cm³/mol. The molecule has 1 heterocycles. The fourth-order valence-electron chi connectivity index (χ4n) is 3.37. The second kappa shape index (κ2) is 8.59. The lowest BCUT2D eigenvalue weighted by molar-refractivity contribution is -0.114. The van der Waals surface area contributed by atoms with E-state index in [1.54, 1.807) is 17.0 Å². The van der Waals surface area contributed by atoms with Crippen molar-refractivity contribution in [3.63, 3.8) is 0 Å². The molecule has 3 aromatic carbocycles. The van der Waals surface area contributed by atoms with Gasteiger partial charge in [-0.25, -0.2) is 4.79 Å². The number of benzene rings is 3. The van der Waals surface area contributed by atoms with Gasteiger partial charge < -0.3 is 9.64 Å². The molecule has 4 nitrogen and oxygen atoms in total. The van der Waals surface area contributed by atoms with E-state index in [1.165, 1.54) is 18.9 Å². The summed E-state index contributed by atoms with van der Waals surface area (Å²) in [5, 5.41) is 0. The van der Waals surface area contributed by atoms with Crippen molar-refractivity contribution >= 4 is 35.4 Å². The average Bonchev–Trinajstić information content (AvgIpc) is 2.77. The van der Waals surface area contributed by atoms with Crippen molar-refractivity contribution < 1.29 is 14.3 Å². The van der Waals surface area contributed by atoms with Crippen LogP contribution in [0.1, 0.15) is 27.0 Å². The fourth-order valence-corrected chi connectivity index (χ4v) is 4.41. The highest BCUT2D eigenvalue weighted by molar-refractivity contribution is 8.04. The number of aryl methyl sites for hydroxylation is 1. The molecule has 4 rings (SSSR count). The molecule has 1 amide bonds. The molecule has 0 aliphatic carbocycles. The number of hydrogen-bond donors (Lipinski definition) is 0. The maximum Gasteiger partial charge on any atom is 0.337 e. The van der Waals surface area contributed by atoms with Crippen molar-refractivity contribution in [3.8, 4) is 0 Å². The van der Waals surface area contributed by atoms with Crippen molar-refractivity contribution in [2.45, 2.75) is 18.4 Å². The van der Waals surface area contributed by atoms with Crippen LogP contribution in [0.5, 0.6) is 0 Å². The highest BCUT2D eigenvalue weighted by Crippen LogP contribution is 2.43. The van der Waals surface area contributed by atoms with Gasteiger partial charge >= 0.3 is 5.97 Å². The SMILES string of the molecule is COC(=O)c1ccc2c(c1)N(Cc1ccccc1C)C(=O)/C(=C\c1ccccc1)S2. The lowest BCUT2D eigenvalue weighted by atomic mass is 10.1. The highest BCUT2D eigenvalue weighted by atomic mass is 32.2. The van der Waals surface area contributed by atoms with E-state index in [1.807, 2.05) is 73.7 Å². The number of ether oxygens (including phenoxy) is 1. The Bertz CT molecular complexity index is 1140. The van der Waals surface area contributed by atoms with Crippen LogP contribution < -0.4 is 4.90 Å². The van der Waals surface area contributed by atoms with Crippen LogP contribution in [0.15, 0.2) is 82.6 Å². The molecule has 0 spiro atoms. The quantitative estimate of drug-likeness (QED) is 0.419. The molecule has 1 aliphatic rings. The number of nitrogens with zero attached hydrogens (tertiary/aromatic N) is 1. The number of esters is 1. The van der Waals surface area contributed by atoms with E-state index in [0.717, 1.165) is 27.3 Å². The smallest absolute Gasteiger partial charge is 0.337 e. The standard InChI is InChI=1S/C25H21NO3S/c1-17-8-6-7-11-20(17)16-26-21-15-19(25(28)29-2)12-13-22(21)30-23(24(26)27)14-18-9-4-3-5-10-18/h3-15H,16H2,1-2H3/b23-14+. The van der Waals surface area contributed by atoms with Gasteiger partial charge in [0.05, 0.1) is 29.8 Å². The first kappa shape index (κ1) is 20.0. The van der Waals surface area contributed by atoms with Crippen molar-refractivity contribution in [3.05, 3.63) is 100.0 Å². The summed E-state index contributed by atoms with van der Waals surface area (Å²) in [6, 6.07) is 23.2. The third-order valence-electron chi connectivity index (χ3n) is 5.03. The number of thioether (sulfide) groups is 1. The van der Waals surface area contributed by atoms with E-state index < -0.39 is 5.97 Å². The molecule has 0 aromatic heterocycles. The van der Waals surface area contributed by atoms with Gasteiger partial charge in [-0.1, -0.05) is 66.4 Å². The molecule has 0 atom stereocenters. The fraction of sp³-hybridized carbons (Fsp3) is 0.120. The molecule has 0 bridgehead atoms. The summed E-state index contributed by atoms with van der Waals surface area (Å²) in [5.41, 5.74) is 4.30. The number of hydrogen-bond acceptors (Lipinski definition) is 4. The summed E-state index contributed by atoms with van der Waals surface area (Å²) >= 11 is 1.42. The zero-order chi connectivity index (χ0) is 21.1. The van der Waals surface area contributed by atoms with Gasteiger partial charge in [-0.15, -0.1) is 0 Å². The average molecular weight is 416 g/mol. The van der Waals surface area contributed by atoms with Gasteiger partial charge in [-0.05, 0) is 47.9 Å². The Morgan fingerprint density at radius 1 is 1.03 bits per heavy atom. The van der Waals surface area contributed by atoms with E-state index in [2.05, 4.69) is 0 Å². The molecule has 5 heteroatoms. The van der Waals surface area contributed by atoms with Crippen LogP contribution in [0.25, 0.3) is 6.08 Å². The summed E-state index contributed by atoms with van der Waals surface area (Å²) in [4.78, 5) is 28.9. The number of carbonyl (C=O) groups excluding carboxylic acids is 2. The molecule has 3 aromatic rings. The first-order valence-electron chi connectivity index (χ1n) is 9.60. The van der Waals surface area contributed by atoms with Crippen LogP contribution in [-0.4, -0.2) is 19.0 Å². The molecule has 0 radical (unpaired) electrons. The zero-order valence-corrected chi connectivity index (χ0v) is 17.6. The second-order valence-corrected chi connectivity index (χ2v) is 8.10. The van der Waals surface area contributed by atoms with Gasteiger partial charge in [0.15, 0.2) is 0 Å². The van der Waals surface area contributed by atoms with Crippen LogP contribution in [0, 0.1) is 6.92 Å². The lowest BCUT2D eigenvalue weighted by Gasteiger charge is -2.31. The van der Waals surface area contributed by atoms with Gasteiger partial charge in [0.25, 0.3) is 5.91 Å². The minimum atomic E-state index is -0.420. The minimum absolute atomic E-state index is 0.0818. The Labute approximate surface area is 180 Å². The Hall–Kier alpha value is -3.31. The number of fused-ring (bicyclic) bond motifs is 1. The summed E-state index contributed by atoms with van der Waals surface area (Å²) in [6.45, 7) is 2.46. The second-order valence-electron chi connectivity index (χ2n) is 7.01. The summed E-state index contributed by atoms with van der Waals surface area (Å²) in [5.74, 6) is -0.502. The number of anilines is 1. The number of rotatable bonds is 4. The molecule has 0 saturated carbocycles. The normalized spacial score (nSPS) is 14.5. The van der Waals surface area contributed by atoms with Gasteiger partial charge in [0.2, 0.25) is 0 Å². The predicted octanol–water partition coefficient (Wildman–Crippen LogP) is 5.46. The maximum atomic E-state index is 13.5. The van der Waals surface area contributed by atoms with Crippen LogP contribution in [0.2, 0.25) is 0 Å². The Morgan fingerprint density at radius 2 is 1.77 bits per heavy atom. The third-order valence-corrected chi connectivity index (χ3v) is 6.11. The van der Waals surface area contributed by atoms with E-state index in [-0.39, 0.29) is 5.91 Å². The van der Waals surface area contributed by atoms with Crippen LogP contribution >= 0.6 is 11.8 Å². The van der Waals surface area contributed by atoms with Crippen molar-refractivity contribution in [1.29, 1.82) is 0 Å². The topological polar surface area (TPSA) is 46.6 Å². The number of amides is 1. The van der Waals surface area contributed by atoms with Crippen LogP contribution in [-0.2, 0) is 16.1 Å². The molecule has 30 heavy (non-hydrogen) atoms. The molecular formula is C25H21NO3S. The molecular weight excluding hydrogens is 394 g/mol. The van der Waals surface area contributed by atoms with Gasteiger partial charge in [0, 0.05) is 4.90 Å². The molecule has 1 aliphatic heterocycles. The Kier molecular flexibility index (Phi) is 5.72. The molecule has 0 fully saturated rings. The third kappa shape index (κ3) is 4.02. The molecule has 0 saturated heterocycles. The van der Waals surface area contributed by atoms with E-state index >= 15 is 0 Å². The monoisotopic (exact) mass is 415 g/mol. The van der Waals surface area contributed by atoms with E-state index in [9.17, 15) is 9.59 Å². The van der Waals surface area contributed by atoms with Crippen LogP contribution in [0.3, 0.4) is 0 Å². The molecule has 150 valence electrons. The van der Waals surface area contributed by atoms with Gasteiger partial charge in [-0.3, -0.25) is 4.79 Å². The summed E-state index contributed by atoms with van der Waals surface area (Å²) in [7, 11) is 1.35. The first-order valence-corrected chi connectivity index (χ1v) is 10.4. The summed E-state index contributed by atoms with van der Waals surface area (Å²) in [6.07, 6.45) is 1.91. The first-order chi connectivity index (χ1) is 14.6. The minimum Gasteiger partial charge on any atom is -0.465 e. The Morgan fingerprint density at radius 3 is 2.50 bits per heavy atom. The lowest BCUT2D eigenvalue weighted by Crippen LogP contribution is -2.34. The largest absolute Gasteiger partial charge is 0.465 e. The maximum absolute atomic E-state index is 13.5. The van der Waals surface area contributed by atoms with Gasteiger partial charge in [-0.2, -0.15) is 0 Å². The zero-order valence-electron chi connectivity index (χ0n) is 16.8. The highest BCUT2D eigenvalue weighted by Gasteiger charge is 2.30. The number of methoxy groups -OCH3 is 1.